The fraction of sp³-hybridized carbons (Fsp3) is 0.385. The van der Waals surface area contributed by atoms with Crippen molar-refractivity contribution in [1.82, 2.24) is 0 Å². The highest BCUT2D eigenvalue weighted by atomic mass is 16.7. The summed E-state index contributed by atoms with van der Waals surface area (Å²) in [5, 5.41) is 0. The normalized spacial score (nSPS) is 13.6. The van der Waals surface area contributed by atoms with Gasteiger partial charge in [-0.25, -0.2) is 0 Å². The minimum absolute atomic E-state index is 0.0409. The largest absolute Gasteiger partial charge is 0.430 e. The molecule has 19 heavy (non-hydrogen) atoms. The number of benzene rings is 1. The molecule has 0 fully saturated rings. The van der Waals surface area contributed by atoms with Crippen molar-refractivity contribution in [1.29, 1.82) is 0 Å². The first-order valence-corrected chi connectivity index (χ1v) is 5.86. The van der Waals surface area contributed by atoms with E-state index < -0.39 is 24.2 Å². The van der Waals surface area contributed by atoms with Crippen LogP contribution in [0.1, 0.15) is 24.7 Å². The molecular formula is C13H18N2O4. The highest BCUT2D eigenvalue weighted by Crippen LogP contribution is 2.18. The molecule has 1 unspecified atom stereocenters. The second-order valence-corrected chi connectivity index (χ2v) is 4.03. The fourth-order valence-corrected chi connectivity index (χ4v) is 1.47. The molecule has 4 N–H and O–H groups in total. The Kier molecular flexibility index (Phi) is 5.98. The van der Waals surface area contributed by atoms with Gasteiger partial charge in [0.05, 0.1) is 0 Å². The number of ether oxygens (including phenoxy) is 2. The van der Waals surface area contributed by atoms with Crippen LogP contribution in [0.3, 0.4) is 0 Å². The van der Waals surface area contributed by atoms with E-state index in [0.717, 1.165) is 0 Å². The van der Waals surface area contributed by atoms with Crippen molar-refractivity contribution in [2.75, 3.05) is 7.11 Å². The zero-order valence-electron chi connectivity index (χ0n) is 10.7. The summed E-state index contributed by atoms with van der Waals surface area (Å²) < 4.78 is 10.2. The lowest BCUT2D eigenvalue weighted by Crippen LogP contribution is -2.34. The van der Waals surface area contributed by atoms with Gasteiger partial charge in [-0.3, -0.25) is 9.59 Å². The van der Waals surface area contributed by atoms with Crippen LogP contribution in [-0.4, -0.2) is 25.0 Å². The van der Waals surface area contributed by atoms with Crippen LogP contribution >= 0.6 is 0 Å². The predicted octanol–water partition coefficient (Wildman–Crippen LogP) is 0.468. The standard InChI is InChI=1S/C13H18N2O4/c1-18-13(9-5-3-2-4-6-9)19-12(17)10(14)7-8-11(15)16/h2-6,10,13H,7-8,14H2,1H3,(H2,15,16)/t10-,13?/m0/s1. The van der Waals surface area contributed by atoms with E-state index in [1.165, 1.54) is 7.11 Å². The molecular weight excluding hydrogens is 248 g/mol. The number of rotatable bonds is 7. The lowest BCUT2D eigenvalue weighted by Gasteiger charge is -2.18. The van der Waals surface area contributed by atoms with Gasteiger partial charge in [0.25, 0.3) is 0 Å². The van der Waals surface area contributed by atoms with Crippen molar-refractivity contribution in [3.8, 4) is 0 Å². The third-order valence-electron chi connectivity index (χ3n) is 2.51. The van der Waals surface area contributed by atoms with Gasteiger partial charge in [-0.15, -0.1) is 0 Å². The Morgan fingerprint density at radius 2 is 1.89 bits per heavy atom. The number of methoxy groups -OCH3 is 1. The van der Waals surface area contributed by atoms with Crippen molar-refractivity contribution in [3.05, 3.63) is 35.9 Å². The Balaban J connectivity index is 2.56. The van der Waals surface area contributed by atoms with E-state index in [9.17, 15) is 9.59 Å². The monoisotopic (exact) mass is 266 g/mol. The highest BCUT2D eigenvalue weighted by Gasteiger charge is 2.21. The quantitative estimate of drug-likeness (QED) is 0.551. The predicted molar refractivity (Wildman–Crippen MR) is 68.7 cm³/mol. The topological polar surface area (TPSA) is 105 Å². The van der Waals surface area contributed by atoms with Crippen molar-refractivity contribution in [2.45, 2.75) is 25.2 Å². The maximum Gasteiger partial charge on any atom is 0.325 e. The number of hydrogen-bond donors (Lipinski definition) is 2. The van der Waals surface area contributed by atoms with E-state index >= 15 is 0 Å². The maximum absolute atomic E-state index is 11.7. The average Bonchev–Trinajstić information content (AvgIpc) is 2.42. The molecule has 0 spiro atoms. The Bertz CT molecular complexity index is 422. The number of esters is 1. The Morgan fingerprint density at radius 1 is 1.26 bits per heavy atom. The first kappa shape index (κ1) is 15.1. The molecule has 1 aromatic carbocycles. The number of carbonyl (C=O) groups is 2. The van der Waals surface area contributed by atoms with Gasteiger partial charge < -0.3 is 20.9 Å². The maximum atomic E-state index is 11.7. The second kappa shape index (κ2) is 7.50. The van der Waals surface area contributed by atoms with Crippen molar-refractivity contribution in [2.24, 2.45) is 11.5 Å². The lowest BCUT2D eigenvalue weighted by atomic mass is 10.1. The summed E-state index contributed by atoms with van der Waals surface area (Å²) >= 11 is 0. The van der Waals surface area contributed by atoms with Crippen LogP contribution in [0, 0.1) is 0 Å². The van der Waals surface area contributed by atoms with Crippen molar-refractivity contribution < 1.29 is 19.1 Å². The lowest BCUT2D eigenvalue weighted by molar-refractivity contribution is -0.176. The van der Waals surface area contributed by atoms with Gasteiger partial charge in [0.15, 0.2) is 0 Å². The number of hydrogen-bond acceptors (Lipinski definition) is 5. The van der Waals surface area contributed by atoms with E-state index in [1.807, 2.05) is 18.2 Å². The van der Waals surface area contributed by atoms with Gasteiger partial charge in [-0.2, -0.15) is 0 Å². The molecule has 104 valence electrons. The van der Waals surface area contributed by atoms with Crippen LogP contribution in [0.25, 0.3) is 0 Å². The number of nitrogens with two attached hydrogens (primary N) is 2. The van der Waals surface area contributed by atoms with Gasteiger partial charge >= 0.3 is 5.97 Å². The summed E-state index contributed by atoms with van der Waals surface area (Å²) in [6, 6.07) is 8.11. The van der Waals surface area contributed by atoms with E-state index in [0.29, 0.717) is 5.56 Å². The molecule has 0 heterocycles. The van der Waals surface area contributed by atoms with Crippen LogP contribution in [0.2, 0.25) is 0 Å². The summed E-state index contributed by atoms with van der Waals surface area (Å²) in [4.78, 5) is 22.3. The summed E-state index contributed by atoms with van der Waals surface area (Å²) in [6.07, 6.45) is -0.619. The van der Waals surface area contributed by atoms with E-state index in [2.05, 4.69) is 0 Å². The molecule has 0 aromatic heterocycles. The third kappa shape index (κ3) is 5.07. The van der Waals surface area contributed by atoms with Crippen LogP contribution in [0.4, 0.5) is 0 Å². The number of carbonyl (C=O) groups excluding carboxylic acids is 2. The second-order valence-electron chi connectivity index (χ2n) is 4.03. The smallest absolute Gasteiger partial charge is 0.325 e. The summed E-state index contributed by atoms with van der Waals surface area (Å²) in [5.41, 5.74) is 11.3. The van der Waals surface area contributed by atoms with Crippen LogP contribution in [0.5, 0.6) is 0 Å². The molecule has 0 aliphatic rings. The zero-order valence-corrected chi connectivity index (χ0v) is 10.7. The van der Waals surface area contributed by atoms with Gasteiger partial charge in [0.2, 0.25) is 12.2 Å². The molecule has 6 nitrogen and oxygen atoms in total. The first-order valence-electron chi connectivity index (χ1n) is 5.86. The Hall–Kier alpha value is -1.92. The summed E-state index contributed by atoms with van der Waals surface area (Å²) in [6.45, 7) is 0. The molecule has 1 aromatic rings. The molecule has 0 aliphatic heterocycles. The van der Waals surface area contributed by atoms with Gasteiger partial charge in [-0.1, -0.05) is 30.3 Å². The van der Waals surface area contributed by atoms with Crippen LogP contribution in [0.15, 0.2) is 30.3 Å². The van der Waals surface area contributed by atoms with E-state index in [4.69, 9.17) is 20.9 Å². The molecule has 1 amide bonds. The van der Waals surface area contributed by atoms with Crippen LogP contribution < -0.4 is 11.5 Å². The molecule has 0 saturated carbocycles. The minimum atomic E-state index is -0.895. The Morgan fingerprint density at radius 3 is 2.42 bits per heavy atom. The molecule has 6 heteroatoms. The Labute approximate surface area is 111 Å². The van der Waals surface area contributed by atoms with Crippen LogP contribution in [-0.2, 0) is 19.1 Å². The minimum Gasteiger partial charge on any atom is -0.430 e. The third-order valence-corrected chi connectivity index (χ3v) is 2.51. The molecule has 0 bridgehead atoms. The first-order chi connectivity index (χ1) is 9.04. The number of primary amides is 1. The van der Waals surface area contributed by atoms with Crippen molar-refractivity contribution >= 4 is 11.9 Å². The summed E-state index contributed by atoms with van der Waals surface area (Å²) in [7, 11) is 1.43. The van der Waals surface area contributed by atoms with Gasteiger partial charge in [-0.05, 0) is 6.42 Å². The highest BCUT2D eigenvalue weighted by molar-refractivity contribution is 5.78. The van der Waals surface area contributed by atoms with Crippen molar-refractivity contribution in [3.63, 3.8) is 0 Å². The van der Waals surface area contributed by atoms with Gasteiger partial charge in [0.1, 0.15) is 6.04 Å². The zero-order chi connectivity index (χ0) is 14.3. The van der Waals surface area contributed by atoms with E-state index in [-0.39, 0.29) is 12.8 Å². The molecule has 0 radical (unpaired) electrons. The SMILES string of the molecule is COC(OC(=O)[C@@H](N)CCC(N)=O)c1ccccc1. The van der Waals surface area contributed by atoms with Gasteiger partial charge in [0, 0.05) is 19.1 Å². The molecule has 0 aliphatic carbocycles. The molecule has 1 rings (SSSR count). The van der Waals surface area contributed by atoms with E-state index in [1.54, 1.807) is 12.1 Å². The number of amides is 1. The molecule has 0 saturated heterocycles. The average molecular weight is 266 g/mol. The fourth-order valence-electron chi connectivity index (χ4n) is 1.47. The molecule has 2 atom stereocenters. The summed E-state index contributed by atoms with van der Waals surface area (Å²) in [5.74, 6) is -1.13.